The fourth-order valence-corrected chi connectivity index (χ4v) is 4.76. The smallest absolute Gasteiger partial charge is 0.318 e. The molecule has 146 valence electrons. The van der Waals surface area contributed by atoms with Crippen LogP contribution >= 0.6 is 0 Å². The van der Waals surface area contributed by atoms with Crippen LogP contribution in [0.3, 0.4) is 0 Å². The van der Waals surface area contributed by atoms with Gasteiger partial charge in [-0.2, -0.15) is 0 Å². The van der Waals surface area contributed by atoms with E-state index in [4.69, 9.17) is 0 Å². The minimum Gasteiger partial charge on any atom is -0.346 e. The summed E-state index contributed by atoms with van der Waals surface area (Å²) < 4.78 is 1.89. The Morgan fingerprint density at radius 3 is 2.89 bits per heavy atom. The Kier molecular flexibility index (Phi) is 3.92. The summed E-state index contributed by atoms with van der Waals surface area (Å²) in [6.45, 7) is 1.41. The molecule has 1 spiro atoms. The minimum atomic E-state index is -0.260. The maximum Gasteiger partial charge on any atom is 0.318 e. The lowest BCUT2D eigenvalue weighted by Gasteiger charge is -2.38. The first-order chi connectivity index (χ1) is 13.6. The third-order valence-electron chi connectivity index (χ3n) is 6.47. The summed E-state index contributed by atoms with van der Waals surface area (Å²) >= 11 is 0. The quantitative estimate of drug-likeness (QED) is 0.838. The van der Waals surface area contributed by atoms with Gasteiger partial charge in [-0.05, 0) is 30.4 Å². The molecular formula is C21H25N5O2. The summed E-state index contributed by atoms with van der Waals surface area (Å²) in [5, 5.41) is 6.23. The summed E-state index contributed by atoms with van der Waals surface area (Å²) in [5.74, 6) is 0.0144. The maximum atomic E-state index is 13.2. The molecule has 7 heteroatoms. The van der Waals surface area contributed by atoms with Crippen molar-refractivity contribution in [2.75, 3.05) is 6.54 Å². The van der Waals surface area contributed by atoms with E-state index in [1.807, 2.05) is 22.6 Å². The van der Waals surface area contributed by atoms with E-state index in [2.05, 4.69) is 33.8 Å². The van der Waals surface area contributed by atoms with Crippen molar-refractivity contribution in [2.24, 2.45) is 7.05 Å². The number of rotatable bonds is 2. The van der Waals surface area contributed by atoms with E-state index >= 15 is 0 Å². The van der Waals surface area contributed by atoms with Crippen molar-refractivity contribution < 1.29 is 9.59 Å². The number of aromatic nitrogens is 2. The van der Waals surface area contributed by atoms with Gasteiger partial charge in [-0.25, -0.2) is 9.78 Å². The fraction of sp³-hybridized carbons (Fsp3) is 0.476. The number of nitrogens with zero attached hydrogens (tertiary/aromatic N) is 3. The lowest BCUT2D eigenvalue weighted by molar-refractivity contribution is -0.123. The Labute approximate surface area is 164 Å². The zero-order valence-corrected chi connectivity index (χ0v) is 16.0. The molecule has 7 nitrogen and oxygen atoms in total. The molecule has 5 rings (SSSR count). The van der Waals surface area contributed by atoms with Gasteiger partial charge < -0.3 is 20.1 Å². The van der Waals surface area contributed by atoms with Crippen LogP contribution in [0.1, 0.15) is 48.5 Å². The fourth-order valence-electron chi connectivity index (χ4n) is 4.76. The van der Waals surface area contributed by atoms with Gasteiger partial charge in [0.2, 0.25) is 5.91 Å². The predicted octanol–water partition coefficient (Wildman–Crippen LogP) is 2.00. The van der Waals surface area contributed by atoms with Crippen LogP contribution < -0.4 is 10.6 Å². The van der Waals surface area contributed by atoms with Gasteiger partial charge in [0.15, 0.2) is 0 Å². The monoisotopic (exact) mass is 379 g/mol. The molecule has 2 aromatic rings. The largest absolute Gasteiger partial charge is 0.346 e. The van der Waals surface area contributed by atoms with Gasteiger partial charge in [-0.15, -0.1) is 0 Å². The molecule has 2 fully saturated rings. The van der Waals surface area contributed by atoms with Crippen molar-refractivity contribution in [1.82, 2.24) is 25.1 Å². The third-order valence-corrected chi connectivity index (χ3v) is 6.47. The number of piperidine rings is 1. The zero-order chi connectivity index (χ0) is 19.3. The Bertz CT molecular complexity index is 932. The Morgan fingerprint density at radius 2 is 2.14 bits per heavy atom. The first-order valence-electron chi connectivity index (χ1n) is 9.95. The minimum absolute atomic E-state index is 0.0144. The Hall–Kier alpha value is -2.83. The van der Waals surface area contributed by atoms with E-state index in [0.717, 1.165) is 25.1 Å². The van der Waals surface area contributed by atoms with Crippen LogP contribution in [0, 0.1) is 0 Å². The highest BCUT2D eigenvalue weighted by Crippen LogP contribution is 2.52. The molecule has 2 aliphatic heterocycles. The first-order valence-corrected chi connectivity index (χ1v) is 9.95. The molecule has 1 aliphatic carbocycles. The third kappa shape index (κ3) is 2.85. The highest BCUT2D eigenvalue weighted by Gasteiger charge is 2.50. The normalized spacial score (nSPS) is 25.2. The van der Waals surface area contributed by atoms with Crippen LogP contribution in [-0.2, 0) is 23.8 Å². The van der Waals surface area contributed by atoms with E-state index in [0.29, 0.717) is 19.4 Å². The van der Waals surface area contributed by atoms with Gasteiger partial charge in [-0.1, -0.05) is 24.3 Å². The number of fused-ring (bicyclic) bond motifs is 2. The van der Waals surface area contributed by atoms with Crippen LogP contribution in [0.15, 0.2) is 36.8 Å². The van der Waals surface area contributed by atoms with Crippen molar-refractivity contribution >= 4 is 11.9 Å². The molecule has 1 aromatic heterocycles. The second-order valence-electron chi connectivity index (χ2n) is 8.36. The number of urea groups is 1. The van der Waals surface area contributed by atoms with Crippen LogP contribution in [0.5, 0.6) is 0 Å². The van der Waals surface area contributed by atoms with E-state index in [9.17, 15) is 9.59 Å². The molecule has 0 unspecified atom stereocenters. The topological polar surface area (TPSA) is 79.3 Å². The summed E-state index contributed by atoms with van der Waals surface area (Å²) in [6, 6.07) is 8.04. The molecule has 0 bridgehead atoms. The number of hydrogen-bond donors (Lipinski definition) is 2. The predicted molar refractivity (Wildman–Crippen MR) is 103 cm³/mol. The average Bonchev–Trinajstić information content (AvgIpc) is 3.33. The van der Waals surface area contributed by atoms with Gasteiger partial charge >= 0.3 is 6.03 Å². The van der Waals surface area contributed by atoms with Gasteiger partial charge in [0.1, 0.15) is 0 Å². The van der Waals surface area contributed by atoms with Crippen molar-refractivity contribution in [1.29, 1.82) is 0 Å². The molecule has 3 heterocycles. The number of carbonyl (C=O) groups is 2. The summed E-state index contributed by atoms with van der Waals surface area (Å²) in [4.78, 5) is 31.2. The highest BCUT2D eigenvalue weighted by molar-refractivity contribution is 5.79. The van der Waals surface area contributed by atoms with E-state index in [1.165, 1.54) is 11.1 Å². The van der Waals surface area contributed by atoms with E-state index < -0.39 is 0 Å². The van der Waals surface area contributed by atoms with E-state index in [1.54, 1.807) is 12.5 Å². The molecular weight excluding hydrogens is 354 g/mol. The van der Waals surface area contributed by atoms with Crippen LogP contribution in [0.2, 0.25) is 0 Å². The number of benzene rings is 1. The molecule has 3 aliphatic rings. The molecule has 1 saturated heterocycles. The number of amides is 3. The summed E-state index contributed by atoms with van der Waals surface area (Å²) in [6.07, 6.45) is 6.81. The second-order valence-corrected chi connectivity index (χ2v) is 8.36. The van der Waals surface area contributed by atoms with Gasteiger partial charge in [0.05, 0.1) is 30.3 Å². The Morgan fingerprint density at radius 1 is 1.32 bits per heavy atom. The van der Waals surface area contributed by atoms with Crippen molar-refractivity contribution in [3.05, 3.63) is 53.6 Å². The first kappa shape index (κ1) is 17.3. The molecule has 1 aromatic carbocycles. The summed E-state index contributed by atoms with van der Waals surface area (Å²) in [7, 11) is 1.90. The lowest BCUT2D eigenvalue weighted by Crippen LogP contribution is -2.55. The van der Waals surface area contributed by atoms with Gasteiger partial charge in [-0.3, -0.25) is 4.79 Å². The van der Waals surface area contributed by atoms with Crippen LogP contribution in [0.4, 0.5) is 4.79 Å². The van der Waals surface area contributed by atoms with Crippen molar-refractivity contribution in [2.45, 2.75) is 49.7 Å². The molecule has 2 atom stereocenters. The molecule has 3 amide bonds. The summed E-state index contributed by atoms with van der Waals surface area (Å²) in [5.41, 5.74) is 3.72. The maximum absolute atomic E-state index is 13.2. The Balaban J connectivity index is 1.35. The SMILES string of the molecule is Cn1cncc1[C@@H]1NC(=O)CC[C@H]1NC(=O)N1Cc2ccccc2C2(CC2)C1. The van der Waals surface area contributed by atoms with Crippen molar-refractivity contribution in [3.63, 3.8) is 0 Å². The second kappa shape index (κ2) is 6.36. The molecule has 28 heavy (non-hydrogen) atoms. The number of nitrogens with one attached hydrogen (secondary N) is 2. The molecule has 1 saturated carbocycles. The zero-order valence-electron chi connectivity index (χ0n) is 16.0. The van der Waals surface area contributed by atoms with E-state index in [-0.39, 0.29) is 29.4 Å². The van der Waals surface area contributed by atoms with Crippen LogP contribution in [0.25, 0.3) is 0 Å². The highest BCUT2D eigenvalue weighted by atomic mass is 16.2. The lowest BCUT2D eigenvalue weighted by atomic mass is 9.87. The van der Waals surface area contributed by atoms with Gasteiger partial charge in [0, 0.05) is 32.0 Å². The average molecular weight is 379 g/mol. The van der Waals surface area contributed by atoms with Crippen molar-refractivity contribution in [3.8, 4) is 0 Å². The van der Waals surface area contributed by atoms with Gasteiger partial charge in [0.25, 0.3) is 0 Å². The number of aryl methyl sites for hydroxylation is 1. The molecule has 2 N–H and O–H groups in total. The number of imidazole rings is 1. The number of hydrogen-bond acceptors (Lipinski definition) is 3. The number of carbonyl (C=O) groups excluding carboxylic acids is 2. The standard InChI is InChI=1S/C21H25N5O2/c1-25-13-22-10-17(25)19-16(6-7-18(27)24-19)23-20(28)26-11-14-4-2-3-5-15(14)21(12-26)8-9-21/h2-5,10,13,16,19H,6-9,11-12H2,1H3,(H,23,28)(H,24,27)/t16-,19-/m1/s1. The van der Waals surface area contributed by atoms with Crippen LogP contribution in [-0.4, -0.2) is 39.0 Å². The molecule has 0 radical (unpaired) electrons.